The summed E-state index contributed by atoms with van der Waals surface area (Å²) in [6, 6.07) is 5.36. The maximum Gasteiger partial charge on any atom is 0.270 e. The van der Waals surface area contributed by atoms with Gasteiger partial charge < -0.3 is 14.6 Å². The van der Waals surface area contributed by atoms with E-state index in [-0.39, 0.29) is 5.91 Å². The first-order valence-corrected chi connectivity index (χ1v) is 6.32. The first-order valence-electron chi connectivity index (χ1n) is 6.32. The lowest BCUT2D eigenvalue weighted by molar-refractivity contribution is 0.0942. The molecule has 0 atom stereocenters. The van der Waals surface area contributed by atoms with Crippen molar-refractivity contribution in [2.75, 3.05) is 19.0 Å². The Labute approximate surface area is 117 Å². The highest BCUT2D eigenvalue weighted by atomic mass is 16.3. The number of nitrogens with one attached hydrogen (secondary N) is 1. The van der Waals surface area contributed by atoms with Gasteiger partial charge in [-0.2, -0.15) is 0 Å². The third-order valence-corrected chi connectivity index (χ3v) is 2.69. The van der Waals surface area contributed by atoms with E-state index in [9.17, 15) is 4.79 Å². The molecular formula is C14H18N4O2. The van der Waals surface area contributed by atoms with Crippen molar-refractivity contribution in [2.45, 2.75) is 20.4 Å². The van der Waals surface area contributed by atoms with E-state index in [2.05, 4.69) is 15.3 Å². The Hall–Kier alpha value is -2.37. The van der Waals surface area contributed by atoms with Gasteiger partial charge in [0.05, 0.1) is 6.54 Å². The molecule has 0 radical (unpaired) electrons. The molecule has 6 nitrogen and oxygen atoms in total. The Morgan fingerprint density at radius 1 is 1.30 bits per heavy atom. The van der Waals surface area contributed by atoms with Crippen LogP contribution in [0, 0.1) is 13.8 Å². The van der Waals surface area contributed by atoms with Crippen LogP contribution in [0.2, 0.25) is 0 Å². The Morgan fingerprint density at radius 3 is 2.65 bits per heavy atom. The number of nitrogens with zero attached hydrogens (tertiary/aromatic N) is 3. The Kier molecular flexibility index (Phi) is 4.02. The minimum absolute atomic E-state index is 0.243. The van der Waals surface area contributed by atoms with E-state index in [0.717, 1.165) is 17.2 Å². The fourth-order valence-corrected chi connectivity index (χ4v) is 1.71. The Bertz CT molecular complexity index is 619. The van der Waals surface area contributed by atoms with Crippen molar-refractivity contribution in [3.8, 4) is 0 Å². The molecule has 0 aliphatic heterocycles. The highest BCUT2D eigenvalue weighted by Gasteiger charge is 2.12. The molecule has 0 spiro atoms. The fourth-order valence-electron chi connectivity index (χ4n) is 1.71. The van der Waals surface area contributed by atoms with E-state index < -0.39 is 0 Å². The third-order valence-electron chi connectivity index (χ3n) is 2.69. The van der Waals surface area contributed by atoms with Crippen molar-refractivity contribution in [1.29, 1.82) is 0 Å². The van der Waals surface area contributed by atoms with Crippen molar-refractivity contribution in [1.82, 2.24) is 15.3 Å². The zero-order chi connectivity index (χ0) is 14.7. The molecule has 0 bridgehead atoms. The van der Waals surface area contributed by atoms with E-state index in [4.69, 9.17) is 4.42 Å². The average molecular weight is 274 g/mol. The van der Waals surface area contributed by atoms with Gasteiger partial charge in [0.15, 0.2) is 0 Å². The van der Waals surface area contributed by atoms with Gasteiger partial charge in [-0.3, -0.25) is 4.79 Å². The van der Waals surface area contributed by atoms with Crippen LogP contribution < -0.4 is 10.2 Å². The smallest absolute Gasteiger partial charge is 0.270 e. The third kappa shape index (κ3) is 3.34. The molecule has 0 aromatic carbocycles. The predicted octanol–water partition coefficient (Wildman–Crippen LogP) is 1.68. The van der Waals surface area contributed by atoms with Crippen LogP contribution in [-0.2, 0) is 6.54 Å². The van der Waals surface area contributed by atoms with Gasteiger partial charge in [-0.05, 0) is 32.0 Å². The Balaban J connectivity index is 2.09. The molecule has 0 fully saturated rings. The molecule has 2 heterocycles. The molecule has 0 saturated heterocycles. The molecule has 20 heavy (non-hydrogen) atoms. The van der Waals surface area contributed by atoms with Gasteiger partial charge in [0, 0.05) is 19.8 Å². The zero-order valence-electron chi connectivity index (χ0n) is 12.1. The highest BCUT2D eigenvalue weighted by molar-refractivity contribution is 5.92. The second-order valence-corrected chi connectivity index (χ2v) is 4.78. The van der Waals surface area contributed by atoms with Gasteiger partial charge in [0.25, 0.3) is 5.91 Å². The van der Waals surface area contributed by atoms with Crippen LogP contribution >= 0.6 is 0 Å². The summed E-state index contributed by atoms with van der Waals surface area (Å²) in [6.07, 6.45) is 0. The maximum absolute atomic E-state index is 12.1. The van der Waals surface area contributed by atoms with Gasteiger partial charge in [-0.25, -0.2) is 9.97 Å². The summed E-state index contributed by atoms with van der Waals surface area (Å²) in [5, 5.41) is 2.78. The van der Waals surface area contributed by atoms with Crippen molar-refractivity contribution in [2.24, 2.45) is 0 Å². The number of aromatic nitrogens is 2. The molecule has 0 aliphatic rings. The van der Waals surface area contributed by atoms with Crippen molar-refractivity contribution in [3.63, 3.8) is 0 Å². The lowest BCUT2D eigenvalue weighted by atomic mass is 10.3. The topological polar surface area (TPSA) is 71.3 Å². The average Bonchev–Trinajstić information content (AvgIpc) is 2.81. The standard InChI is InChI=1S/C14H18N4O2/c1-9-7-12(17-14(16-9)18(3)4)13(19)15-8-11-6-5-10(2)20-11/h5-7H,8H2,1-4H3,(H,15,19). The second kappa shape index (κ2) is 5.73. The molecule has 1 N–H and O–H groups in total. The van der Waals surface area contributed by atoms with Gasteiger partial charge in [-0.15, -0.1) is 0 Å². The fraction of sp³-hybridized carbons (Fsp3) is 0.357. The Morgan fingerprint density at radius 2 is 2.05 bits per heavy atom. The molecule has 0 unspecified atom stereocenters. The minimum Gasteiger partial charge on any atom is -0.465 e. The van der Waals surface area contributed by atoms with Crippen LogP contribution in [-0.4, -0.2) is 30.0 Å². The van der Waals surface area contributed by atoms with Gasteiger partial charge in [0.1, 0.15) is 17.2 Å². The maximum atomic E-state index is 12.1. The number of hydrogen-bond donors (Lipinski definition) is 1. The minimum atomic E-state index is -0.243. The largest absolute Gasteiger partial charge is 0.465 e. The van der Waals surface area contributed by atoms with Crippen LogP contribution in [0.25, 0.3) is 0 Å². The summed E-state index contributed by atoms with van der Waals surface area (Å²) >= 11 is 0. The number of anilines is 1. The lowest BCUT2D eigenvalue weighted by Crippen LogP contribution is -2.25. The summed E-state index contributed by atoms with van der Waals surface area (Å²) in [4.78, 5) is 22.3. The molecule has 106 valence electrons. The van der Waals surface area contributed by atoms with Crippen LogP contribution in [0.1, 0.15) is 27.7 Å². The van der Waals surface area contributed by atoms with Crippen LogP contribution in [0.15, 0.2) is 22.6 Å². The van der Waals surface area contributed by atoms with E-state index in [1.807, 2.05) is 40.1 Å². The number of hydrogen-bond acceptors (Lipinski definition) is 5. The van der Waals surface area contributed by atoms with E-state index in [0.29, 0.717) is 18.2 Å². The number of furan rings is 1. The van der Waals surface area contributed by atoms with Crippen LogP contribution in [0.4, 0.5) is 5.95 Å². The number of rotatable bonds is 4. The second-order valence-electron chi connectivity index (χ2n) is 4.78. The van der Waals surface area contributed by atoms with Gasteiger partial charge in [-0.1, -0.05) is 0 Å². The van der Waals surface area contributed by atoms with Crippen LogP contribution in [0.3, 0.4) is 0 Å². The first-order chi connectivity index (χ1) is 9.45. The van der Waals surface area contributed by atoms with Crippen molar-refractivity contribution < 1.29 is 9.21 Å². The normalized spacial score (nSPS) is 10.4. The molecule has 0 saturated carbocycles. The predicted molar refractivity (Wildman–Crippen MR) is 75.7 cm³/mol. The summed E-state index contributed by atoms with van der Waals surface area (Å²) in [6.45, 7) is 4.04. The number of aryl methyl sites for hydroxylation is 2. The van der Waals surface area contributed by atoms with E-state index >= 15 is 0 Å². The molecule has 0 aliphatic carbocycles. The molecule has 2 rings (SSSR count). The molecule has 2 aromatic heterocycles. The van der Waals surface area contributed by atoms with Crippen molar-refractivity contribution >= 4 is 11.9 Å². The number of carbonyl (C=O) groups excluding carboxylic acids is 1. The van der Waals surface area contributed by atoms with Crippen LogP contribution in [0.5, 0.6) is 0 Å². The summed E-state index contributed by atoms with van der Waals surface area (Å²) < 4.78 is 5.40. The van der Waals surface area contributed by atoms with Gasteiger partial charge >= 0.3 is 0 Å². The summed E-state index contributed by atoms with van der Waals surface area (Å²) in [5.74, 6) is 1.81. The zero-order valence-corrected chi connectivity index (χ0v) is 12.1. The number of carbonyl (C=O) groups is 1. The molecule has 1 amide bonds. The van der Waals surface area contributed by atoms with Gasteiger partial charge in [0.2, 0.25) is 5.95 Å². The van der Waals surface area contributed by atoms with Crippen molar-refractivity contribution in [3.05, 3.63) is 41.1 Å². The lowest BCUT2D eigenvalue weighted by Gasteiger charge is -2.12. The molecular weight excluding hydrogens is 256 g/mol. The first kappa shape index (κ1) is 14.0. The van der Waals surface area contributed by atoms with E-state index in [1.165, 1.54) is 0 Å². The summed E-state index contributed by atoms with van der Waals surface area (Å²) in [7, 11) is 3.67. The number of amides is 1. The molecule has 6 heteroatoms. The van der Waals surface area contributed by atoms with E-state index in [1.54, 1.807) is 11.0 Å². The molecule has 2 aromatic rings. The SMILES string of the molecule is Cc1cc(C(=O)NCc2ccc(C)o2)nc(N(C)C)n1. The quantitative estimate of drug-likeness (QED) is 0.918. The summed E-state index contributed by atoms with van der Waals surface area (Å²) in [5.41, 5.74) is 1.10. The highest BCUT2D eigenvalue weighted by Crippen LogP contribution is 2.09. The monoisotopic (exact) mass is 274 g/mol.